The van der Waals surface area contributed by atoms with Crippen LogP contribution in [0, 0.1) is 0 Å². The molecule has 4 nitrogen and oxygen atoms in total. The van der Waals surface area contributed by atoms with Gasteiger partial charge in [-0.25, -0.2) is 0 Å². The molecule has 0 spiro atoms. The predicted molar refractivity (Wildman–Crippen MR) is 388 cm³/mol. The second kappa shape index (κ2) is 17.9. The Hall–Kier alpha value is -9.90. The van der Waals surface area contributed by atoms with Gasteiger partial charge in [0, 0.05) is 87.1 Å². The van der Waals surface area contributed by atoms with Crippen molar-refractivity contribution in [1.29, 1.82) is 0 Å². The van der Waals surface area contributed by atoms with Crippen LogP contribution in [0.1, 0.15) is 105 Å². The number of hydrogen-bond donors (Lipinski definition) is 0. The molecule has 0 unspecified atom stereocenters. The summed E-state index contributed by atoms with van der Waals surface area (Å²) in [6.45, 7) is 28.4. The average Bonchev–Trinajstić information content (AvgIpc) is 1.57. The summed E-state index contributed by atoms with van der Waals surface area (Å²) in [5.41, 5.74) is 24.8. The van der Waals surface area contributed by atoms with Gasteiger partial charge in [0.05, 0.1) is 55.2 Å². The fourth-order valence-corrected chi connectivity index (χ4v) is 15.7. The van der Waals surface area contributed by atoms with Gasteiger partial charge < -0.3 is 17.9 Å². The second-order valence-corrected chi connectivity index (χ2v) is 30.3. The van der Waals surface area contributed by atoms with Gasteiger partial charge >= 0.3 is 0 Å². The monoisotopic (exact) mass is 1160 g/mol. The zero-order valence-electron chi connectivity index (χ0n) is 53.6. The zero-order chi connectivity index (χ0) is 61.4. The molecule has 0 saturated heterocycles. The summed E-state index contributed by atoms with van der Waals surface area (Å²) in [6, 6.07) is 84.3. The van der Waals surface area contributed by atoms with E-state index >= 15 is 0 Å². The van der Waals surface area contributed by atoms with E-state index in [0.29, 0.717) is 0 Å². The fraction of sp³-hybridized carbons (Fsp3) is 0.186. The van der Waals surface area contributed by atoms with E-state index in [1.807, 2.05) is 0 Å². The Morgan fingerprint density at radius 2 is 0.522 bits per heavy atom. The van der Waals surface area contributed by atoms with Gasteiger partial charge in [0.15, 0.2) is 0 Å². The van der Waals surface area contributed by atoms with Crippen LogP contribution < -0.4 is 0 Å². The first kappa shape index (κ1) is 53.2. The maximum Gasteiger partial charge on any atom is 0.0620 e. The summed E-state index contributed by atoms with van der Waals surface area (Å²) in [5.74, 6) is 0. The number of rotatable bonds is 4. The molecule has 0 saturated carbocycles. The third kappa shape index (κ3) is 7.42. The van der Waals surface area contributed by atoms with Gasteiger partial charge in [-0.15, -0.1) is 0 Å². The van der Waals surface area contributed by atoms with Crippen molar-refractivity contribution in [3.05, 3.63) is 241 Å². The highest BCUT2D eigenvalue weighted by Crippen LogP contribution is 2.51. The van der Waals surface area contributed by atoms with Gasteiger partial charge in [-0.2, -0.15) is 0 Å². The topological polar surface area (TPSA) is 18.7 Å². The molecule has 18 aromatic rings. The Labute approximate surface area is 524 Å². The summed E-state index contributed by atoms with van der Waals surface area (Å²) in [7, 11) is 0. The zero-order valence-corrected chi connectivity index (χ0v) is 53.6. The molecular weight excluding hydrogens is 1090 g/mol. The molecule has 6 heterocycles. The summed E-state index contributed by atoms with van der Waals surface area (Å²) < 4.78 is 10.2. The molecule has 436 valence electrons. The highest BCUT2D eigenvalue weighted by molar-refractivity contribution is 6.30. The van der Waals surface area contributed by atoms with Crippen LogP contribution in [0.3, 0.4) is 0 Å². The van der Waals surface area contributed by atoms with Crippen LogP contribution in [0.25, 0.3) is 164 Å². The Kier molecular flexibility index (Phi) is 10.6. The quantitative estimate of drug-likeness (QED) is 0.167. The van der Waals surface area contributed by atoms with Crippen LogP contribution in [0.4, 0.5) is 0 Å². The maximum absolute atomic E-state index is 2.66. The van der Waals surface area contributed by atoms with Crippen LogP contribution in [-0.4, -0.2) is 17.9 Å². The smallest absolute Gasteiger partial charge is 0.0620 e. The third-order valence-corrected chi connectivity index (χ3v) is 20.5. The molecule has 12 aromatic carbocycles. The van der Waals surface area contributed by atoms with E-state index in [1.165, 1.54) is 186 Å². The van der Waals surface area contributed by atoms with Gasteiger partial charge in [-0.1, -0.05) is 168 Å². The normalized spacial score (nSPS) is 13.3. The lowest BCUT2D eigenvalue weighted by molar-refractivity contribution is 0.591. The van der Waals surface area contributed by atoms with Crippen molar-refractivity contribution >= 4 is 131 Å². The van der Waals surface area contributed by atoms with Crippen molar-refractivity contribution in [2.75, 3.05) is 0 Å². The Bertz CT molecular complexity index is 5710. The molecule has 0 atom stereocenters. The Morgan fingerprint density at radius 3 is 0.889 bits per heavy atom. The number of benzene rings is 12. The van der Waals surface area contributed by atoms with E-state index in [1.54, 1.807) is 0 Å². The molecule has 0 bridgehead atoms. The largest absolute Gasteiger partial charge is 0.309 e. The molecule has 18 rings (SSSR count). The summed E-state index contributed by atoms with van der Waals surface area (Å²) >= 11 is 0. The molecule has 6 aromatic heterocycles. The second-order valence-electron chi connectivity index (χ2n) is 30.3. The van der Waals surface area contributed by atoms with Crippen molar-refractivity contribution in [2.24, 2.45) is 0 Å². The van der Waals surface area contributed by atoms with Crippen molar-refractivity contribution in [1.82, 2.24) is 17.9 Å². The summed E-state index contributed by atoms with van der Waals surface area (Å²) in [4.78, 5) is 0. The average molecular weight is 1160 g/mol. The first-order chi connectivity index (χ1) is 43.2. The van der Waals surface area contributed by atoms with Crippen molar-refractivity contribution in [3.8, 4) is 33.6 Å². The maximum atomic E-state index is 2.66. The lowest BCUT2D eigenvalue weighted by Crippen LogP contribution is -2.11. The summed E-state index contributed by atoms with van der Waals surface area (Å²) in [5, 5.41) is 18.0. The highest BCUT2D eigenvalue weighted by atomic mass is 15.0. The number of para-hydroxylation sites is 4. The van der Waals surface area contributed by atoms with E-state index in [2.05, 4.69) is 319 Å². The standard InChI is InChI=1S/C86H72N4/c1-83(2,3)53-41-61(49-31-33-75-63(35-49)59-27-19-21-29-73(59)87(75)57-23-15-13-16-24-57)79-69(45-53)71-47-55(85(7,8)9)43-67-65-37-52-40-78-66(38-51(52)39-77(65)89(79)81(67)71)68-44-56(86(10,11)12)48-72-70-46-54(84(4,5)6)42-62(80(70)90(78)82(68)72)50-32-34-76-64(36-50)60-28-20-22-30-74(60)88(76)58-25-17-14-18-26-58/h13-48H,1-12H3. The molecule has 90 heavy (non-hydrogen) atoms. The number of aromatic nitrogens is 4. The van der Waals surface area contributed by atoms with Gasteiger partial charge in [0.1, 0.15) is 0 Å². The minimum absolute atomic E-state index is 0.0887. The fourth-order valence-electron chi connectivity index (χ4n) is 15.7. The van der Waals surface area contributed by atoms with Gasteiger partial charge in [-0.3, -0.25) is 0 Å². The number of hydrogen-bond acceptors (Lipinski definition) is 0. The number of fused-ring (bicyclic) bond motifs is 19. The van der Waals surface area contributed by atoms with Gasteiger partial charge in [-0.05, 0) is 199 Å². The molecule has 0 aliphatic rings. The SMILES string of the molecule is CC(C)(C)c1cc(-c2ccc3c(c2)c2ccccc2n3-c2ccccc2)c2c(c1)c1cc(C(C)(C)C)cc3c4cc5cc6c(cc5cc4n2c31)c1cc(C(C)(C)C)cc2c3cc(C(C)(C)C)cc(-c4ccc5c(c4)c4ccccc4n5-c4ccccc4)c3n6c12. The molecule has 0 radical (unpaired) electrons. The molecular formula is C86H72N4. The number of nitrogens with zero attached hydrogens (tertiary/aromatic N) is 4. The first-order valence-corrected chi connectivity index (χ1v) is 32.3. The first-order valence-electron chi connectivity index (χ1n) is 32.3. The van der Waals surface area contributed by atoms with E-state index in [9.17, 15) is 0 Å². The van der Waals surface area contributed by atoms with Crippen LogP contribution in [0.5, 0.6) is 0 Å². The lowest BCUT2D eigenvalue weighted by Gasteiger charge is -2.22. The summed E-state index contributed by atoms with van der Waals surface area (Å²) in [6.07, 6.45) is 0. The van der Waals surface area contributed by atoms with Crippen molar-refractivity contribution in [2.45, 2.75) is 105 Å². The van der Waals surface area contributed by atoms with Crippen LogP contribution in [0.2, 0.25) is 0 Å². The molecule has 0 amide bonds. The van der Waals surface area contributed by atoms with E-state index in [0.717, 1.165) is 0 Å². The molecule has 0 fully saturated rings. The molecule has 0 aliphatic carbocycles. The van der Waals surface area contributed by atoms with Crippen LogP contribution in [-0.2, 0) is 21.7 Å². The van der Waals surface area contributed by atoms with E-state index in [-0.39, 0.29) is 21.7 Å². The third-order valence-electron chi connectivity index (χ3n) is 20.5. The minimum atomic E-state index is -0.0959. The van der Waals surface area contributed by atoms with E-state index in [4.69, 9.17) is 0 Å². The van der Waals surface area contributed by atoms with Crippen molar-refractivity contribution in [3.63, 3.8) is 0 Å². The Balaban J connectivity index is 0.943. The van der Waals surface area contributed by atoms with Crippen molar-refractivity contribution < 1.29 is 0 Å². The van der Waals surface area contributed by atoms with E-state index < -0.39 is 0 Å². The van der Waals surface area contributed by atoms with Crippen LogP contribution >= 0.6 is 0 Å². The van der Waals surface area contributed by atoms with Crippen LogP contribution in [0.15, 0.2) is 218 Å². The van der Waals surface area contributed by atoms with Gasteiger partial charge in [0.2, 0.25) is 0 Å². The molecule has 0 aliphatic heterocycles. The molecule has 4 heteroatoms. The Morgan fingerprint density at radius 1 is 0.222 bits per heavy atom. The lowest BCUT2D eigenvalue weighted by atomic mass is 9.82. The highest BCUT2D eigenvalue weighted by Gasteiger charge is 2.31. The minimum Gasteiger partial charge on any atom is -0.309 e. The van der Waals surface area contributed by atoms with Gasteiger partial charge in [0.25, 0.3) is 0 Å². The predicted octanol–water partition coefficient (Wildman–Crippen LogP) is 23.9. The molecule has 0 N–H and O–H groups in total.